The number of aryl methyl sites for hydroxylation is 1. The first kappa shape index (κ1) is 17.2. The van der Waals surface area contributed by atoms with Crippen LogP contribution in [0, 0.1) is 6.92 Å². The summed E-state index contributed by atoms with van der Waals surface area (Å²) < 4.78 is 29.1. The minimum atomic E-state index is -2.55. The summed E-state index contributed by atoms with van der Waals surface area (Å²) in [5.74, 6) is -0.623. The van der Waals surface area contributed by atoms with Crippen LogP contribution in [0.3, 0.4) is 0 Å². The van der Waals surface area contributed by atoms with Crippen LogP contribution in [0.1, 0.15) is 19.4 Å². The molecule has 21 heavy (non-hydrogen) atoms. The number of anilines is 1. The van der Waals surface area contributed by atoms with Crippen LogP contribution in [0.4, 0.5) is 5.69 Å². The fraction of sp³-hybridized carbons (Fsp3) is 0.333. The largest absolute Gasteiger partial charge is 0.755 e. The molecule has 5 nitrogen and oxygen atoms in total. The van der Waals surface area contributed by atoms with Gasteiger partial charge in [-0.25, -0.2) is 4.79 Å². The average molecular weight is 308 g/mol. The second-order valence-corrected chi connectivity index (χ2v) is 5.19. The van der Waals surface area contributed by atoms with Crippen LogP contribution in [0.25, 0.3) is 0 Å². The Hall–Kier alpha value is -1.88. The highest BCUT2D eigenvalue weighted by molar-refractivity contribution is 7.80. The van der Waals surface area contributed by atoms with Crippen molar-refractivity contribution >= 4 is 22.9 Å². The number of carbonyl (C=O) groups is 1. The molecule has 0 heterocycles. The minimum absolute atomic E-state index is 0.0709. The van der Waals surface area contributed by atoms with Gasteiger partial charge in [0.1, 0.15) is 5.57 Å². The van der Waals surface area contributed by atoms with Crippen molar-refractivity contribution in [2.75, 3.05) is 10.9 Å². The van der Waals surface area contributed by atoms with Crippen LogP contribution in [0.15, 0.2) is 42.1 Å². The number of hydrogen-bond acceptors (Lipinski definition) is 4. The zero-order valence-corrected chi connectivity index (χ0v) is 13.1. The maximum absolute atomic E-state index is 11.8. The van der Waals surface area contributed by atoms with Crippen molar-refractivity contribution in [2.45, 2.75) is 26.8 Å². The molecule has 0 aliphatic heterocycles. The van der Waals surface area contributed by atoms with Gasteiger partial charge in [-0.3, -0.25) is 8.51 Å². The van der Waals surface area contributed by atoms with Gasteiger partial charge in [0.25, 0.3) is 0 Å². The molecule has 0 aromatic heterocycles. The highest BCUT2D eigenvalue weighted by Gasteiger charge is 2.25. The maximum atomic E-state index is 11.8. The van der Waals surface area contributed by atoms with E-state index in [9.17, 15) is 13.6 Å². The van der Waals surface area contributed by atoms with Crippen molar-refractivity contribution in [3.8, 4) is 0 Å². The Bertz CT molecular complexity index is 576. The van der Waals surface area contributed by atoms with Gasteiger partial charge in [-0.05, 0) is 32.9 Å². The van der Waals surface area contributed by atoms with E-state index in [0.29, 0.717) is 5.69 Å². The van der Waals surface area contributed by atoms with Crippen LogP contribution in [0.2, 0.25) is 0 Å². The number of rotatable bonds is 6. The monoisotopic (exact) mass is 308 g/mol. The van der Waals surface area contributed by atoms with Crippen LogP contribution in [-0.4, -0.2) is 27.4 Å². The van der Waals surface area contributed by atoms with Gasteiger partial charge >= 0.3 is 5.97 Å². The quantitative estimate of drug-likeness (QED) is 0.350. The molecule has 2 unspecified atom stereocenters. The second kappa shape index (κ2) is 7.78. The molecule has 1 rings (SSSR count). The Labute approximate surface area is 127 Å². The van der Waals surface area contributed by atoms with Crippen molar-refractivity contribution in [3.05, 3.63) is 47.7 Å². The molecular weight excluding hydrogens is 290 g/mol. The van der Waals surface area contributed by atoms with Crippen LogP contribution in [-0.2, 0) is 20.8 Å². The maximum Gasteiger partial charge on any atom is 0.344 e. The van der Waals surface area contributed by atoms with Crippen molar-refractivity contribution in [2.24, 2.45) is 0 Å². The van der Waals surface area contributed by atoms with Gasteiger partial charge in [-0.2, -0.15) is 0 Å². The van der Waals surface area contributed by atoms with Gasteiger partial charge in [0.05, 0.1) is 12.6 Å². The Morgan fingerprint density at radius 2 is 2.05 bits per heavy atom. The zero-order valence-electron chi connectivity index (χ0n) is 12.3. The average Bonchev–Trinajstić information content (AvgIpc) is 2.42. The predicted molar refractivity (Wildman–Crippen MR) is 81.3 cm³/mol. The number of ether oxygens (including phenoxy) is 1. The molecule has 0 saturated heterocycles. The Morgan fingerprint density at radius 1 is 1.48 bits per heavy atom. The fourth-order valence-corrected chi connectivity index (χ4v) is 2.50. The lowest BCUT2D eigenvalue weighted by molar-refractivity contribution is -0.138. The van der Waals surface area contributed by atoms with E-state index in [1.54, 1.807) is 38.1 Å². The van der Waals surface area contributed by atoms with E-state index in [-0.39, 0.29) is 12.2 Å². The highest BCUT2D eigenvalue weighted by Crippen LogP contribution is 2.23. The van der Waals surface area contributed by atoms with Crippen molar-refractivity contribution in [1.29, 1.82) is 0 Å². The van der Waals surface area contributed by atoms with Gasteiger partial charge < -0.3 is 9.29 Å². The normalized spacial score (nSPS) is 13.0. The second-order valence-electron chi connectivity index (χ2n) is 4.37. The van der Waals surface area contributed by atoms with Crippen LogP contribution in [0.5, 0.6) is 0 Å². The molecular formula is C15H18NO4S-. The Morgan fingerprint density at radius 3 is 2.48 bits per heavy atom. The molecule has 0 radical (unpaired) electrons. The summed E-state index contributed by atoms with van der Waals surface area (Å²) in [7, 11) is 0. The molecule has 1 aromatic rings. The van der Waals surface area contributed by atoms with Crippen molar-refractivity contribution in [3.63, 3.8) is 0 Å². The summed E-state index contributed by atoms with van der Waals surface area (Å²) >= 11 is -2.55. The third-order valence-electron chi connectivity index (χ3n) is 2.90. The molecule has 6 heteroatoms. The van der Waals surface area contributed by atoms with Gasteiger partial charge in [0.15, 0.2) is 0 Å². The fourth-order valence-electron chi connectivity index (χ4n) is 1.85. The molecule has 0 amide bonds. The molecule has 0 spiro atoms. The number of esters is 1. The Balaban J connectivity index is 3.16. The molecule has 114 valence electrons. The lowest BCUT2D eigenvalue weighted by atomic mass is 10.1. The summed E-state index contributed by atoms with van der Waals surface area (Å²) in [6, 6.07) is 6.18. The van der Waals surface area contributed by atoms with Crippen LogP contribution >= 0.6 is 0 Å². The van der Waals surface area contributed by atoms with Gasteiger partial charge in [-0.1, -0.05) is 24.3 Å². The van der Waals surface area contributed by atoms with E-state index in [0.717, 1.165) is 9.87 Å². The first-order valence-electron chi connectivity index (χ1n) is 6.44. The first-order valence-corrected chi connectivity index (χ1v) is 7.47. The standard InChI is InChI=1S/C15H19NO4S/c1-5-14(15(17)20-6-2)12(4)16(21(18)19)13-9-7-11(3)8-10-13/h7-10,12H,1,6H2,2-4H3,(H,18,19)/p-1. The van der Waals surface area contributed by atoms with E-state index < -0.39 is 23.3 Å². The molecule has 0 N–H and O–H groups in total. The third-order valence-corrected chi connectivity index (χ3v) is 3.75. The van der Waals surface area contributed by atoms with E-state index in [1.165, 1.54) is 0 Å². The SMILES string of the molecule is C=C=C(C(=O)OCC)C(C)N(c1ccc(C)cc1)S(=O)[O-]. The predicted octanol–water partition coefficient (Wildman–Crippen LogP) is 2.26. The van der Waals surface area contributed by atoms with Crippen LogP contribution < -0.4 is 4.31 Å². The third kappa shape index (κ3) is 4.29. The summed E-state index contributed by atoms with van der Waals surface area (Å²) in [6.07, 6.45) is 0. The van der Waals surface area contributed by atoms with Gasteiger partial charge in [-0.15, -0.1) is 5.73 Å². The zero-order chi connectivity index (χ0) is 16.0. The highest BCUT2D eigenvalue weighted by atomic mass is 32.2. The number of carbonyl (C=O) groups excluding carboxylic acids is 1. The molecule has 2 atom stereocenters. The number of hydrogen-bond donors (Lipinski definition) is 0. The van der Waals surface area contributed by atoms with Gasteiger partial charge in [0, 0.05) is 17.0 Å². The number of nitrogens with zero attached hydrogens (tertiary/aromatic N) is 1. The van der Waals surface area contributed by atoms with E-state index in [1.807, 2.05) is 6.92 Å². The Kier molecular flexibility index (Phi) is 6.37. The summed E-state index contributed by atoms with van der Waals surface area (Å²) in [4.78, 5) is 11.8. The van der Waals surface area contributed by atoms with E-state index >= 15 is 0 Å². The smallest absolute Gasteiger partial charge is 0.344 e. The molecule has 0 aliphatic rings. The van der Waals surface area contributed by atoms with Crippen molar-refractivity contribution < 1.29 is 18.3 Å². The van der Waals surface area contributed by atoms with Gasteiger partial charge in [0.2, 0.25) is 0 Å². The first-order chi connectivity index (χ1) is 9.92. The number of benzene rings is 1. The summed E-state index contributed by atoms with van der Waals surface area (Å²) in [5, 5.41) is 0. The lowest BCUT2D eigenvalue weighted by Crippen LogP contribution is -2.38. The topological polar surface area (TPSA) is 69.7 Å². The lowest BCUT2D eigenvalue weighted by Gasteiger charge is -2.32. The summed E-state index contributed by atoms with van der Waals surface area (Å²) in [6.45, 7) is 8.80. The minimum Gasteiger partial charge on any atom is -0.755 e. The molecule has 0 saturated carbocycles. The summed E-state index contributed by atoms with van der Waals surface area (Å²) in [5.41, 5.74) is 4.02. The molecule has 1 aromatic carbocycles. The van der Waals surface area contributed by atoms with Crippen molar-refractivity contribution in [1.82, 2.24) is 0 Å². The molecule has 0 fully saturated rings. The molecule has 0 bridgehead atoms. The van der Waals surface area contributed by atoms with E-state index in [2.05, 4.69) is 12.3 Å². The molecule has 0 aliphatic carbocycles. The van der Waals surface area contributed by atoms with E-state index in [4.69, 9.17) is 4.74 Å².